The van der Waals surface area contributed by atoms with Crippen molar-refractivity contribution in [2.45, 2.75) is 31.8 Å². The van der Waals surface area contributed by atoms with Gasteiger partial charge in [-0.3, -0.25) is 9.48 Å². The normalized spacial score (nSPS) is 16.2. The lowest BCUT2D eigenvalue weighted by atomic mass is 10.1. The van der Waals surface area contributed by atoms with E-state index in [2.05, 4.69) is 20.8 Å². The van der Waals surface area contributed by atoms with Gasteiger partial charge in [0, 0.05) is 12.4 Å². The molecule has 1 aliphatic rings. The third-order valence-corrected chi connectivity index (χ3v) is 4.98. The van der Waals surface area contributed by atoms with Crippen LogP contribution in [0.5, 0.6) is 0 Å². The molecule has 140 valence electrons. The van der Waals surface area contributed by atoms with Crippen molar-refractivity contribution >= 4 is 5.91 Å². The molecule has 1 aliphatic heterocycles. The molecule has 0 saturated carbocycles. The lowest BCUT2D eigenvalue weighted by Crippen LogP contribution is -2.34. The smallest absolute Gasteiger partial charge is 0.270 e. The molecule has 1 aromatic carbocycles. The van der Waals surface area contributed by atoms with Gasteiger partial charge in [-0.1, -0.05) is 18.2 Å². The third kappa shape index (κ3) is 3.78. The molecule has 1 unspecified atom stereocenters. The van der Waals surface area contributed by atoms with E-state index >= 15 is 0 Å². The van der Waals surface area contributed by atoms with Crippen LogP contribution in [0.3, 0.4) is 0 Å². The van der Waals surface area contributed by atoms with Crippen molar-refractivity contribution in [2.24, 2.45) is 0 Å². The summed E-state index contributed by atoms with van der Waals surface area (Å²) in [4.78, 5) is 12.8. The molecule has 2 aromatic heterocycles. The van der Waals surface area contributed by atoms with Gasteiger partial charge < -0.3 is 10.6 Å². The van der Waals surface area contributed by atoms with E-state index in [0.717, 1.165) is 37.3 Å². The van der Waals surface area contributed by atoms with E-state index in [0.29, 0.717) is 5.69 Å². The summed E-state index contributed by atoms with van der Waals surface area (Å²) in [7, 11) is 0. The summed E-state index contributed by atoms with van der Waals surface area (Å²) >= 11 is 0. The van der Waals surface area contributed by atoms with Crippen molar-refractivity contribution in [2.75, 3.05) is 13.1 Å². The quantitative estimate of drug-likeness (QED) is 0.729. The molecule has 3 heterocycles. The van der Waals surface area contributed by atoms with Crippen molar-refractivity contribution < 1.29 is 4.79 Å². The Balaban J connectivity index is 1.46. The van der Waals surface area contributed by atoms with Crippen LogP contribution in [-0.4, -0.2) is 38.6 Å². The van der Waals surface area contributed by atoms with Gasteiger partial charge in [0.1, 0.15) is 5.69 Å². The van der Waals surface area contributed by atoms with Crippen LogP contribution in [-0.2, 0) is 0 Å². The standard InChI is InChI=1S/C20H24N6O/c1-15(18-10-14-25(24-18)16-5-3-2-4-6-16)23-20(27)19-9-13-22-26(19)17-7-11-21-12-8-17/h2-6,9-10,13-15,17,21H,7-8,11-12H2,1H3,(H,23,27). The van der Waals surface area contributed by atoms with E-state index in [-0.39, 0.29) is 18.0 Å². The highest BCUT2D eigenvalue weighted by Gasteiger charge is 2.22. The van der Waals surface area contributed by atoms with Crippen LogP contribution in [0.15, 0.2) is 54.9 Å². The van der Waals surface area contributed by atoms with Crippen LogP contribution in [0.2, 0.25) is 0 Å². The number of carbonyl (C=O) groups excluding carboxylic acids is 1. The number of nitrogens with one attached hydrogen (secondary N) is 2. The Morgan fingerprint density at radius 3 is 2.74 bits per heavy atom. The van der Waals surface area contributed by atoms with Crippen LogP contribution < -0.4 is 10.6 Å². The first-order valence-corrected chi connectivity index (χ1v) is 9.38. The number of amides is 1. The van der Waals surface area contributed by atoms with Crippen molar-refractivity contribution in [1.82, 2.24) is 30.2 Å². The summed E-state index contributed by atoms with van der Waals surface area (Å²) in [5.41, 5.74) is 2.42. The number of aromatic nitrogens is 4. The molecule has 7 nitrogen and oxygen atoms in total. The highest BCUT2D eigenvalue weighted by atomic mass is 16.2. The highest BCUT2D eigenvalue weighted by Crippen LogP contribution is 2.20. The predicted molar refractivity (Wildman–Crippen MR) is 103 cm³/mol. The largest absolute Gasteiger partial charge is 0.343 e. The average Bonchev–Trinajstić information content (AvgIpc) is 3.39. The van der Waals surface area contributed by atoms with Crippen molar-refractivity contribution in [3.05, 3.63) is 66.2 Å². The van der Waals surface area contributed by atoms with E-state index in [1.165, 1.54) is 0 Å². The van der Waals surface area contributed by atoms with Gasteiger partial charge in [0.05, 0.1) is 23.5 Å². The molecule has 2 N–H and O–H groups in total. The Morgan fingerprint density at radius 2 is 1.96 bits per heavy atom. The van der Waals surface area contributed by atoms with Gasteiger partial charge in [-0.2, -0.15) is 10.2 Å². The van der Waals surface area contributed by atoms with Crippen molar-refractivity contribution in [1.29, 1.82) is 0 Å². The Bertz CT molecular complexity index is 894. The fourth-order valence-electron chi connectivity index (χ4n) is 3.47. The summed E-state index contributed by atoms with van der Waals surface area (Å²) in [6, 6.07) is 13.7. The minimum Gasteiger partial charge on any atom is -0.343 e. The number of carbonyl (C=O) groups is 1. The molecule has 27 heavy (non-hydrogen) atoms. The number of hydrogen-bond donors (Lipinski definition) is 2. The van der Waals surface area contributed by atoms with Crippen LogP contribution >= 0.6 is 0 Å². The summed E-state index contributed by atoms with van der Waals surface area (Å²) in [5, 5.41) is 15.4. The number of piperidine rings is 1. The molecule has 0 spiro atoms. The van der Waals surface area contributed by atoms with E-state index in [1.54, 1.807) is 12.3 Å². The molecule has 4 rings (SSSR count). The van der Waals surface area contributed by atoms with E-state index in [1.807, 2.05) is 58.9 Å². The van der Waals surface area contributed by atoms with Gasteiger partial charge in [-0.15, -0.1) is 0 Å². The molecular weight excluding hydrogens is 340 g/mol. The second-order valence-electron chi connectivity index (χ2n) is 6.86. The Hall–Kier alpha value is -2.93. The molecular formula is C20H24N6O. The molecule has 1 saturated heterocycles. The number of para-hydroxylation sites is 1. The predicted octanol–water partition coefficient (Wildman–Crippen LogP) is 2.48. The summed E-state index contributed by atoms with van der Waals surface area (Å²) in [6.07, 6.45) is 5.58. The van der Waals surface area contributed by atoms with E-state index in [4.69, 9.17) is 0 Å². The number of hydrogen-bond acceptors (Lipinski definition) is 4. The average molecular weight is 364 g/mol. The SMILES string of the molecule is CC(NC(=O)c1ccnn1C1CCNCC1)c1ccn(-c2ccccc2)n1. The third-order valence-electron chi connectivity index (χ3n) is 4.98. The molecule has 3 aromatic rings. The zero-order valence-electron chi connectivity index (χ0n) is 15.4. The van der Waals surface area contributed by atoms with Crippen molar-refractivity contribution in [3.63, 3.8) is 0 Å². The zero-order chi connectivity index (χ0) is 18.6. The molecule has 0 bridgehead atoms. The second kappa shape index (κ2) is 7.75. The molecule has 0 radical (unpaired) electrons. The van der Waals surface area contributed by atoms with Gasteiger partial charge in [0.2, 0.25) is 0 Å². The van der Waals surface area contributed by atoms with E-state index in [9.17, 15) is 4.79 Å². The Labute approximate surface area is 158 Å². The summed E-state index contributed by atoms with van der Waals surface area (Å²) in [5.74, 6) is -0.118. The highest BCUT2D eigenvalue weighted by molar-refractivity contribution is 5.92. The number of benzene rings is 1. The van der Waals surface area contributed by atoms with Gasteiger partial charge in [-0.05, 0) is 57.1 Å². The number of rotatable bonds is 5. The van der Waals surface area contributed by atoms with Gasteiger partial charge in [0.15, 0.2) is 0 Å². The maximum absolute atomic E-state index is 12.8. The number of nitrogens with zero attached hydrogens (tertiary/aromatic N) is 4. The van der Waals surface area contributed by atoms with Crippen LogP contribution in [0, 0.1) is 0 Å². The van der Waals surface area contributed by atoms with Gasteiger partial charge in [0.25, 0.3) is 5.91 Å². The second-order valence-corrected chi connectivity index (χ2v) is 6.86. The Kier molecular flexibility index (Phi) is 5.02. The maximum Gasteiger partial charge on any atom is 0.270 e. The molecule has 1 amide bonds. The maximum atomic E-state index is 12.8. The fraction of sp³-hybridized carbons (Fsp3) is 0.350. The van der Waals surface area contributed by atoms with Crippen LogP contribution in [0.25, 0.3) is 5.69 Å². The lowest BCUT2D eigenvalue weighted by Gasteiger charge is -2.24. The summed E-state index contributed by atoms with van der Waals surface area (Å²) in [6.45, 7) is 3.86. The fourth-order valence-corrected chi connectivity index (χ4v) is 3.47. The Morgan fingerprint density at radius 1 is 1.19 bits per heavy atom. The topological polar surface area (TPSA) is 76.8 Å². The van der Waals surface area contributed by atoms with Gasteiger partial charge >= 0.3 is 0 Å². The lowest BCUT2D eigenvalue weighted by molar-refractivity contribution is 0.0923. The first-order chi connectivity index (χ1) is 13.2. The minimum absolute atomic E-state index is 0.118. The minimum atomic E-state index is -0.196. The molecule has 7 heteroatoms. The van der Waals surface area contributed by atoms with Crippen molar-refractivity contribution in [3.8, 4) is 5.69 Å². The molecule has 1 fully saturated rings. The summed E-state index contributed by atoms with van der Waals surface area (Å²) < 4.78 is 3.68. The molecule has 0 aliphatic carbocycles. The van der Waals surface area contributed by atoms with Gasteiger partial charge in [-0.25, -0.2) is 4.68 Å². The first-order valence-electron chi connectivity index (χ1n) is 9.38. The zero-order valence-corrected chi connectivity index (χ0v) is 15.4. The molecule has 1 atom stereocenters. The first kappa shape index (κ1) is 17.5. The van der Waals surface area contributed by atoms with Crippen LogP contribution in [0.1, 0.15) is 48.0 Å². The van der Waals surface area contributed by atoms with Crippen LogP contribution in [0.4, 0.5) is 0 Å². The monoisotopic (exact) mass is 364 g/mol. The van der Waals surface area contributed by atoms with E-state index < -0.39 is 0 Å².